The van der Waals surface area contributed by atoms with Crippen LogP contribution in [0.1, 0.15) is 66.4 Å². The molecule has 2 aromatic rings. The van der Waals surface area contributed by atoms with E-state index in [1.165, 1.54) is 31.8 Å². The first-order valence-corrected chi connectivity index (χ1v) is 17.6. The second-order valence-electron chi connectivity index (χ2n) is 13.5. The van der Waals surface area contributed by atoms with E-state index in [2.05, 4.69) is 36.6 Å². The number of ether oxygens (including phenoxy) is 1. The Balaban J connectivity index is 2.02. The summed E-state index contributed by atoms with van der Waals surface area (Å²) in [6, 6.07) is 0.697. The molecule has 16 nitrogen and oxygen atoms in total. The number of carboxylic acid groups (broad SMARTS) is 2. The van der Waals surface area contributed by atoms with Crippen molar-refractivity contribution in [3.63, 3.8) is 0 Å². The fraction of sp³-hybridized carbons (Fsp3) is 0.500. The second-order valence-corrected chi connectivity index (χ2v) is 18.4. The van der Waals surface area contributed by atoms with Gasteiger partial charge in [0.05, 0.1) is 20.0 Å². The minimum Gasteiger partial charge on any atom is -0.497 e. The van der Waals surface area contributed by atoms with E-state index in [1.54, 1.807) is 12.1 Å². The van der Waals surface area contributed by atoms with Crippen LogP contribution in [0.3, 0.4) is 0 Å². The molecule has 0 aliphatic rings. The topological polar surface area (TPSA) is 238 Å². The molecule has 0 spiro atoms. The predicted molar refractivity (Wildman–Crippen MR) is 183 cm³/mol. The lowest BCUT2D eigenvalue weighted by Gasteiger charge is -2.45. The summed E-state index contributed by atoms with van der Waals surface area (Å²) >= 11 is 0. The number of amides is 5. The van der Waals surface area contributed by atoms with Crippen LogP contribution in [0.2, 0.25) is 10.1 Å². The van der Waals surface area contributed by atoms with Gasteiger partial charge < -0.3 is 40.3 Å². The minimum absolute atomic E-state index is 0.0162. The van der Waals surface area contributed by atoms with Crippen molar-refractivity contribution in [1.82, 2.24) is 31.2 Å². The summed E-state index contributed by atoms with van der Waals surface area (Å²) in [7, 11) is -2.34. The molecule has 2 rings (SSSR count). The van der Waals surface area contributed by atoms with Crippen LogP contribution in [0, 0.1) is 0 Å². The number of carbonyl (C=O) groups is 6. The normalized spacial score (nSPS) is 12.9. The van der Waals surface area contributed by atoms with Crippen LogP contribution in [0.15, 0.2) is 36.8 Å². The molecule has 0 saturated heterocycles. The average Bonchev–Trinajstić information content (AvgIpc) is 3.01. The first-order valence-electron chi connectivity index (χ1n) is 15.7. The third-order valence-corrected chi connectivity index (χ3v) is 12.9. The molecular weight excluding hydrogens is 673 g/mol. The Bertz CT molecular complexity index is 1530. The van der Waals surface area contributed by atoms with Gasteiger partial charge in [-0.25, -0.2) is 9.78 Å². The van der Waals surface area contributed by atoms with E-state index >= 15 is 4.11 Å². The van der Waals surface area contributed by atoms with Crippen molar-refractivity contribution in [1.29, 1.82) is 0 Å². The number of aliphatic carboxylic acids is 2. The Kier molecular flexibility index (Phi) is 14.4. The molecule has 2 heterocycles. The van der Waals surface area contributed by atoms with Crippen molar-refractivity contribution in [3.05, 3.63) is 42.4 Å². The van der Waals surface area contributed by atoms with Crippen LogP contribution in [-0.2, 0) is 30.5 Å². The highest BCUT2D eigenvalue weighted by Crippen LogP contribution is 2.52. The number of anilines is 1. The number of halogens is 1. The quantitative estimate of drug-likeness (QED) is 0.0978. The molecule has 0 fully saturated rings. The van der Waals surface area contributed by atoms with E-state index in [0.717, 1.165) is 0 Å². The number of nitrogens with one attached hydrogen (secondary N) is 5. The Labute approximate surface area is 290 Å². The molecule has 0 bridgehead atoms. The monoisotopic (exact) mass is 719 g/mol. The van der Waals surface area contributed by atoms with Crippen LogP contribution in [-0.4, -0.2) is 90.0 Å². The SMILES string of the molecule is COc1cc(NC(=O)NCCC(=O)N[C@@H](CC(=O)O)C(=O)N[C@@H](CC(=O)O)C(=O)NCc2cccnc2)ncc1[Si](F)(C(C)(C)C)C(C)(C)C. The Morgan fingerprint density at radius 3 is 2.02 bits per heavy atom. The van der Waals surface area contributed by atoms with Crippen LogP contribution < -0.4 is 36.5 Å². The number of carbonyl (C=O) groups excluding carboxylic acids is 4. The number of pyridine rings is 2. The zero-order valence-corrected chi connectivity index (χ0v) is 30.2. The summed E-state index contributed by atoms with van der Waals surface area (Å²) in [6.07, 6.45) is 2.29. The van der Waals surface area contributed by atoms with Gasteiger partial charge in [0.25, 0.3) is 8.41 Å². The van der Waals surface area contributed by atoms with Gasteiger partial charge in [-0.15, -0.1) is 0 Å². The molecule has 2 aromatic heterocycles. The maximum absolute atomic E-state index is 16.9. The largest absolute Gasteiger partial charge is 0.497 e. The van der Waals surface area contributed by atoms with Gasteiger partial charge in [-0.2, -0.15) is 0 Å². The van der Waals surface area contributed by atoms with E-state index < -0.39 is 79.1 Å². The molecule has 274 valence electrons. The fourth-order valence-electron chi connectivity index (χ4n) is 5.44. The molecule has 0 aliphatic heterocycles. The van der Waals surface area contributed by atoms with E-state index in [4.69, 9.17) is 4.74 Å². The lowest BCUT2D eigenvalue weighted by molar-refractivity contribution is -0.143. The van der Waals surface area contributed by atoms with Gasteiger partial charge >= 0.3 is 18.0 Å². The van der Waals surface area contributed by atoms with Crippen molar-refractivity contribution in [2.45, 2.75) is 89.5 Å². The zero-order valence-electron chi connectivity index (χ0n) is 29.2. The van der Waals surface area contributed by atoms with E-state index in [0.29, 0.717) is 10.8 Å². The van der Waals surface area contributed by atoms with E-state index in [9.17, 15) is 39.0 Å². The molecule has 0 unspecified atom stereocenters. The number of methoxy groups -OCH3 is 1. The number of rotatable bonds is 16. The van der Waals surface area contributed by atoms with Gasteiger partial charge in [-0.1, -0.05) is 47.6 Å². The van der Waals surface area contributed by atoms with Crippen molar-refractivity contribution >= 4 is 55.1 Å². The summed E-state index contributed by atoms with van der Waals surface area (Å²) in [5.74, 6) is -5.34. The number of hydrogen-bond donors (Lipinski definition) is 7. The molecule has 0 aromatic carbocycles. The molecule has 0 radical (unpaired) electrons. The first kappa shape index (κ1) is 41.0. The lowest BCUT2D eigenvalue weighted by atomic mass is 10.1. The highest BCUT2D eigenvalue weighted by molar-refractivity contribution is 6.91. The molecule has 0 aliphatic carbocycles. The summed E-state index contributed by atoms with van der Waals surface area (Å²) in [5.41, 5.74) is 0.606. The molecule has 7 N–H and O–H groups in total. The summed E-state index contributed by atoms with van der Waals surface area (Å²) in [5, 5.41) is 29.3. The van der Waals surface area contributed by atoms with Crippen molar-refractivity contribution in [3.8, 4) is 5.75 Å². The van der Waals surface area contributed by atoms with Crippen LogP contribution in [0.5, 0.6) is 5.75 Å². The lowest BCUT2D eigenvalue weighted by Crippen LogP contribution is -2.58. The van der Waals surface area contributed by atoms with Gasteiger partial charge in [0, 0.05) is 49.4 Å². The average molecular weight is 720 g/mol. The third-order valence-electron chi connectivity index (χ3n) is 7.63. The molecule has 50 heavy (non-hydrogen) atoms. The highest BCUT2D eigenvalue weighted by atomic mass is 28.4. The number of hydrogen-bond acceptors (Lipinski definition) is 9. The summed E-state index contributed by atoms with van der Waals surface area (Å²) in [4.78, 5) is 81.7. The van der Waals surface area contributed by atoms with Crippen LogP contribution in [0.4, 0.5) is 14.7 Å². The van der Waals surface area contributed by atoms with E-state index in [1.807, 2.05) is 41.5 Å². The van der Waals surface area contributed by atoms with Crippen LogP contribution in [0.25, 0.3) is 0 Å². The summed E-state index contributed by atoms with van der Waals surface area (Å²) in [6.45, 7) is 10.7. The van der Waals surface area contributed by atoms with Crippen molar-refractivity contribution in [2.24, 2.45) is 0 Å². The standard InChI is InChI=1S/C32H46FN7O9Si/c1-31(2,3)50(33,32(4,5)6)23-18-36-24(15-22(23)49-7)40-30(48)35-12-10-25(41)38-21(14-27(44)45)29(47)39-20(13-26(42)43)28(46)37-17-19-9-8-11-34-16-19/h8-9,11,15-16,18,20-21H,10,12-14,17H2,1-7H3,(H,37,46)(H,38,41)(H,39,47)(H,42,43)(H,44,45)(H2,35,36,40,48)/t20-,21-/m0/s1. The van der Waals surface area contributed by atoms with Gasteiger partial charge in [-0.05, 0) is 21.7 Å². The van der Waals surface area contributed by atoms with Crippen molar-refractivity contribution in [2.75, 3.05) is 19.0 Å². The molecular formula is C32H46FN7O9Si. The molecule has 0 saturated carbocycles. The fourth-order valence-corrected chi connectivity index (χ4v) is 10.1. The highest BCUT2D eigenvalue weighted by Gasteiger charge is 2.58. The van der Waals surface area contributed by atoms with Crippen LogP contribution >= 0.6 is 0 Å². The summed E-state index contributed by atoms with van der Waals surface area (Å²) < 4.78 is 22.3. The number of nitrogens with zero attached hydrogens (tertiary/aromatic N) is 2. The molecule has 2 atom stereocenters. The molecule has 18 heteroatoms. The zero-order chi connectivity index (χ0) is 37.9. The Hall–Kier alpha value is -5.13. The van der Waals surface area contributed by atoms with Gasteiger partial charge in [0.15, 0.2) is 0 Å². The second kappa shape index (κ2) is 17.5. The molecule has 5 amide bonds. The first-order chi connectivity index (χ1) is 23.2. The number of aromatic nitrogens is 2. The minimum atomic E-state index is -3.74. The maximum Gasteiger partial charge on any atom is 0.320 e. The third kappa shape index (κ3) is 11.5. The number of carboxylic acids is 2. The Morgan fingerprint density at radius 2 is 1.50 bits per heavy atom. The van der Waals surface area contributed by atoms with Gasteiger partial charge in [-0.3, -0.25) is 34.3 Å². The van der Waals surface area contributed by atoms with E-state index in [-0.39, 0.29) is 31.1 Å². The predicted octanol–water partition coefficient (Wildman–Crippen LogP) is 1.95. The smallest absolute Gasteiger partial charge is 0.320 e. The van der Waals surface area contributed by atoms with Crippen molar-refractivity contribution < 1.29 is 47.8 Å². The Morgan fingerprint density at radius 1 is 0.900 bits per heavy atom. The maximum atomic E-state index is 16.9. The van der Waals surface area contributed by atoms with Gasteiger partial charge in [0.1, 0.15) is 23.7 Å². The number of urea groups is 1. The van der Waals surface area contributed by atoms with Gasteiger partial charge in [0.2, 0.25) is 17.7 Å².